The lowest BCUT2D eigenvalue weighted by Gasteiger charge is -2.13. The largest absolute Gasteiger partial charge is 0.497 e. The molecule has 0 aliphatic heterocycles. The Balaban J connectivity index is 1.76. The highest BCUT2D eigenvalue weighted by molar-refractivity contribution is 5.92. The summed E-state index contributed by atoms with van der Waals surface area (Å²) >= 11 is 0. The molecule has 5 nitrogen and oxygen atoms in total. The molecule has 0 saturated carbocycles. The molecule has 0 saturated heterocycles. The van der Waals surface area contributed by atoms with Gasteiger partial charge in [-0.2, -0.15) is 0 Å². The van der Waals surface area contributed by atoms with Gasteiger partial charge in [-0.3, -0.25) is 4.79 Å². The van der Waals surface area contributed by atoms with E-state index < -0.39 is 0 Å². The Labute approximate surface area is 137 Å². The molecule has 0 unspecified atom stereocenters. The molecule has 1 amide bonds. The number of nitrogens with one attached hydrogen (secondary N) is 2. The van der Waals surface area contributed by atoms with Crippen LogP contribution in [0.15, 0.2) is 48.5 Å². The number of amides is 1. The molecule has 122 valence electrons. The zero-order chi connectivity index (χ0) is 16.7. The molecule has 0 aliphatic carbocycles. The van der Waals surface area contributed by atoms with Crippen molar-refractivity contribution in [3.8, 4) is 5.75 Å². The Hall–Kier alpha value is -2.53. The van der Waals surface area contributed by atoms with E-state index in [2.05, 4.69) is 10.6 Å². The highest BCUT2D eigenvalue weighted by Crippen LogP contribution is 2.15. The molecule has 5 heteroatoms. The van der Waals surface area contributed by atoms with Crippen LogP contribution >= 0.6 is 0 Å². The maximum Gasteiger partial charge on any atom is 0.238 e. The van der Waals surface area contributed by atoms with Crippen molar-refractivity contribution in [2.24, 2.45) is 0 Å². The molecule has 0 aromatic heterocycles. The summed E-state index contributed by atoms with van der Waals surface area (Å²) in [5.41, 5.74) is 3.00. The van der Waals surface area contributed by atoms with E-state index >= 15 is 0 Å². The molecule has 0 atom stereocenters. The average Bonchev–Trinajstić information content (AvgIpc) is 2.56. The number of benzene rings is 2. The van der Waals surface area contributed by atoms with Crippen molar-refractivity contribution in [1.82, 2.24) is 5.32 Å². The molecule has 0 bridgehead atoms. The first-order valence-corrected chi connectivity index (χ1v) is 7.49. The third kappa shape index (κ3) is 5.30. The minimum atomic E-state index is -0.0592. The van der Waals surface area contributed by atoms with Crippen LogP contribution in [0.2, 0.25) is 0 Å². The van der Waals surface area contributed by atoms with Crippen molar-refractivity contribution >= 4 is 17.3 Å². The van der Waals surface area contributed by atoms with E-state index in [1.807, 2.05) is 67.5 Å². The molecule has 2 aromatic rings. The quantitative estimate of drug-likeness (QED) is 0.824. The second kappa shape index (κ2) is 8.19. The van der Waals surface area contributed by atoms with Gasteiger partial charge < -0.3 is 20.3 Å². The summed E-state index contributed by atoms with van der Waals surface area (Å²) in [5, 5.41) is 6.00. The van der Waals surface area contributed by atoms with Crippen molar-refractivity contribution in [1.29, 1.82) is 0 Å². The number of rotatable bonds is 7. The van der Waals surface area contributed by atoms with Crippen LogP contribution in [0.4, 0.5) is 11.4 Å². The van der Waals surface area contributed by atoms with Crippen LogP contribution in [-0.4, -0.2) is 33.7 Å². The van der Waals surface area contributed by atoms with Crippen molar-refractivity contribution < 1.29 is 9.53 Å². The molecular weight excluding hydrogens is 290 g/mol. The highest BCUT2D eigenvalue weighted by atomic mass is 16.5. The van der Waals surface area contributed by atoms with Gasteiger partial charge >= 0.3 is 0 Å². The maximum absolute atomic E-state index is 11.9. The second-order valence-electron chi connectivity index (χ2n) is 5.44. The predicted molar refractivity (Wildman–Crippen MR) is 94.1 cm³/mol. The van der Waals surface area contributed by atoms with Crippen molar-refractivity contribution in [2.75, 3.05) is 38.0 Å². The first-order chi connectivity index (χ1) is 11.1. The summed E-state index contributed by atoms with van der Waals surface area (Å²) in [6.45, 7) is 0.901. The maximum atomic E-state index is 11.9. The standard InChI is InChI=1S/C18H23N3O2/c1-21(2)16-8-6-15(7-9-16)20-18(22)13-19-12-14-4-10-17(23-3)11-5-14/h4-11,19H,12-13H2,1-3H3,(H,20,22). The number of hydrogen-bond donors (Lipinski definition) is 2. The molecule has 2 aromatic carbocycles. The number of carbonyl (C=O) groups is 1. The zero-order valence-corrected chi connectivity index (χ0v) is 13.8. The minimum Gasteiger partial charge on any atom is -0.497 e. The first kappa shape index (κ1) is 16.8. The third-order valence-corrected chi connectivity index (χ3v) is 3.44. The van der Waals surface area contributed by atoms with Gasteiger partial charge in [0, 0.05) is 32.0 Å². The zero-order valence-electron chi connectivity index (χ0n) is 13.8. The summed E-state index contributed by atoms with van der Waals surface area (Å²) < 4.78 is 5.11. The van der Waals surface area contributed by atoms with Crippen LogP contribution in [0.25, 0.3) is 0 Å². The van der Waals surface area contributed by atoms with E-state index in [4.69, 9.17) is 4.74 Å². The van der Waals surface area contributed by atoms with E-state index in [0.29, 0.717) is 6.54 Å². The molecule has 0 fully saturated rings. The molecule has 23 heavy (non-hydrogen) atoms. The average molecular weight is 313 g/mol. The molecule has 0 radical (unpaired) electrons. The van der Waals surface area contributed by atoms with E-state index in [0.717, 1.165) is 22.7 Å². The van der Waals surface area contributed by atoms with Gasteiger partial charge in [0.2, 0.25) is 5.91 Å². The van der Waals surface area contributed by atoms with Crippen LogP contribution < -0.4 is 20.3 Å². The van der Waals surface area contributed by atoms with E-state index in [-0.39, 0.29) is 12.5 Å². The summed E-state index contributed by atoms with van der Waals surface area (Å²) in [4.78, 5) is 13.9. The number of hydrogen-bond acceptors (Lipinski definition) is 4. The van der Waals surface area contributed by atoms with E-state index in [1.54, 1.807) is 7.11 Å². The lowest BCUT2D eigenvalue weighted by atomic mass is 10.2. The van der Waals surface area contributed by atoms with E-state index in [9.17, 15) is 4.79 Å². The minimum absolute atomic E-state index is 0.0592. The van der Waals surface area contributed by atoms with Gasteiger partial charge in [-0.25, -0.2) is 0 Å². The predicted octanol–water partition coefficient (Wildman–Crippen LogP) is 2.49. The number of carbonyl (C=O) groups excluding carboxylic acids is 1. The fraction of sp³-hybridized carbons (Fsp3) is 0.278. The fourth-order valence-electron chi connectivity index (χ4n) is 2.11. The second-order valence-corrected chi connectivity index (χ2v) is 5.44. The number of nitrogens with zero attached hydrogens (tertiary/aromatic N) is 1. The van der Waals surface area contributed by atoms with Gasteiger partial charge in [0.15, 0.2) is 0 Å². The lowest BCUT2D eigenvalue weighted by molar-refractivity contribution is -0.115. The van der Waals surface area contributed by atoms with Gasteiger partial charge in [0.1, 0.15) is 5.75 Å². The number of methoxy groups -OCH3 is 1. The normalized spacial score (nSPS) is 10.2. The van der Waals surface area contributed by atoms with Crippen LogP contribution in [0.5, 0.6) is 5.75 Å². The summed E-state index contributed by atoms with van der Waals surface area (Å²) in [6.07, 6.45) is 0. The molecular formula is C18H23N3O2. The van der Waals surface area contributed by atoms with Gasteiger partial charge in [-0.05, 0) is 42.0 Å². The van der Waals surface area contributed by atoms with Gasteiger partial charge in [-0.15, -0.1) is 0 Å². The molecule has 2 N–H and O–H groups in total. The van der Waals surface area contributed by atoms with Gasteiger partial charge in [-0.1, -0.05) is 12.1 Å². The molecule has 0 aliphatic rings. The van der Waals surface area contributed by atoms with Gasteiger partial charge in [0.05, 0.1) is 13.7 Å². The smallest absolute Gasteiger partial charge is 0.238 e. The Morgan fingerprint density at radius 2 is 1.70 bits per heavy atom. The van der Waals surface area contributed by atoms with Crippen LogP contribution in [0, 0.1) is 0 Å². The molecule has 2 rings (SSSR count). The summed E-state index contributed by atoms with van der Waals surface area (Å²) in [6, 6.07) is 15.5. The Morgan fingerprint density at radius 1 is 1.04 bits per heavy atom. The van der Waals surface area contributed by atoms with E-state index in [1.165, 1.54) is 0 Å². The van der Waals surface area contributed by atoms with Crippen molar-refractivity contribution in [3.05, 3.63) is 54.1 Å². The Morgan fingerprint density at radius 3 is 2.26 bits per heavy atom. The topological polar surface area (TPSA) is 53.6 Å². The number of ether oxygens (including phenoxy) is 1. The van der Waals surface area contributed by atoms with Gasteiger partial charge in [0.25, 0.3) is 0 Å². The number of anilines is 2. The third-order valence-electron chi connectivity index (χ3n) is 3.44. The van der Waals surface area contributed by atoms with Crippen LogP contribution in [-0.2, 0) is 11.3 Å². The van der Waals surface area contributed by atoms with Crippen molar-refractivity contribution in [2.45, 2.75) is 6.54 Å². The first-order valence-electron chi connectivity index (χ1n) is 7.49. The highest BCUT2D eigenvalue weighted by Gasteiger charge is 2.03. The monoisotopic (exact) mass is 313 g/mol. The molecule has 0 spiro atoms. The summed E-state index contributed by atoms with van der Waals surface area (Å²) in [5.74, 6) is 0.767. The summed E-state index contributed by atoms with van der Waals surface area (Å²) in [7, 11) is 5.61. The fourth-order valence-corrected chi connectivity index (χ4v) is 2.11. The SMILES string of the molecule is COc1ccc(CNCC(=O)Nc2ccc(N(C)C)cc2)cc1. The van der Waals surface area contributed by atoms with Crippen molar-refractivity contribution in [3.63, 3.8) is 0 Å². The van der Waals surface area contributed by atoms with Crippen LogP contribution in [0.1, 0.15) is 5.56 Å². The molecule has 0 heterocycles. The van der Waals surface area contributed by atoms with Crippen LogP contribution in [0.3, 0.4) is 0 Å². The Kier molecular flexibility index (Phi) is 6.00. The lowest BCUT2D eigenvalue weighted by Crippen LogP contribution is -2.27. The Bertz CT molecular complexity index is 622.